The predicted molar refractivity (Wildman–Crippen MR) is 100 cm³/mol. The van der Waals surface area contributed by atoms with Gasteiger partial charge >= 0.3 is 0 Å². The molecule has 3 rings (SSSR count). The van der Waals surface area contributed by atoms with Crippen molar-refractivity contribution in [3.05, 3.63) is 59.7 Å². The number of benzene rings is 2. The van der Waals surface area contributed by atoms with Gasteiger partial charge in [-0.3, -0.25) is 14.8 Å². The van der Waals surface area contributed by atoms with Gasteiger partial charge in [-0.25, -0.2) is 9.87 Å². The number of hydrogen-bond acceptors (Lipinski definition) is 3. The lowest BCUT2D eigenvalue weighted by atomic mass is 10.0. The molecule has 0 spiro atoms. The number of alkyl halides is 1. The van der Waals surface area contributed by atoms with Crippen LogP contribution in [-0.2, 0) is 11.2 Å². The lowest BCUT2D eigenvalue weighted by Crippen LogP contribution is -2.48. The number of nitrogens with one attached hydrogen (secondary N) is 1. The van der Waals surface area contributed by atoms with Crippen molar-refractivity contribution < 1.29 is 19.2 Å². The molecule has 0 unspecified atom stereocenters. The zero-order valence-electron chi connectivity index (χ0n) is 15.2. The minimum absolute atomic E-state index is 0.0754. The molecule has 0 aliphatic carbocycles. The summed E-state index contributed by atoms with van der Waals surface area (Å²) in [5.74, 6) is -1.33. The van der Waals surface area contributed by atoms with E-state index in [0.717, 1.165) is 24.0 Å². The average Bonchev–Trinajstić information content (AvgIpc) is 3.09. The molecular formula is C21H23FN2O3. The van der Waals surface area contributed by atoms with Crippen molar-refractivity contribution >= 4 is 11.8 Å². The summed E-state index contributed by atoms with van der Waals surface area (Å²) in [6.07, 6.45) is 0.733. The van der Waals surface area contributed by atoms with Gasteiger partial charge in [-0.15, -0.1) is 0 Å². The number of likely N-dealkylation sites (tertiary alicyclic amines) is 1. The van der Waals surface area contributed by atoms with E-state index in [9.17, 15) is 14.0 Å². The van der Waals surface area contributed by atoms with Gasteiger partial charge in [0.05, 0.1) is 0 Å². The summed E-state index contributed by atoms with van der Waals surface area (Å²) in [4.78, 5) is 25.5. The molecule has 142 valence electrons. The Morgan fingerprint density at radius 1 is 1.11 bits per heavy atom. The molecule has 2 N–H and O–H groups in total. The summed E-state index contributed by atoms with van der Waals surface area (Å²) in [5.41, 5.74) is 5.14. The number of rotatable bonds is 5. The van der Waals surface area contributed by atoms with Crippen LogP contribution in [0.4, 0.5) is 4.39 Å². The highest BCUT2D eigenvalue weighted by Gasteiger charge is 2.42. The highest BCUT2D eigenvalue weighted by atomic mass is 19.1. The van der Waals surface area contributed by atoms with Crippen LogP contribution in [0.25, 0.3) is 11.1 Å². The van der Waals surface area contributed by atoms with Gasteiger partial charge in [0.15, 0.2) is 0 Å². The standard InChI is InChI=1S/C21H23FN2O3/c1-2-3-14-4-6-15(7-5-14)16-8-10-17(11-9-16)21(26)24-13-12-18(22)19(24)20(25)23-27/h4-11,18-19,27H,2-3,12-13H2,1H3,(H,23,25)/t18-,19-/m0/s1. The number of carbonyl (C=O) groups excluding carboxylic acids is 2. The second-order valence-electron chi connectivity index (χ2n) is 6.75. The summed E-state index contributed by atoms with van der Waals surface area (Å²) in [5, 5.41) is 8.79. The molecule has 6 heteroatoms. The first-order chi connectivity index (χ1) is 13.0. The number of nitrogens with zero attached hydrogens (tertiary/aromatic N) is 1. The Bertz CT molecular complexity index is 805. The predicted octanol–water partition coefficient (Wildman–Crippen LogP) is 3.36. The summed E-state index contributed by atoms with van der Waals surface area (Å²) >= 11 is 0. The molecule has 0 bridgehead atoms. The molecule has 1 saturated heterocycles. The highest BCUT2D eigenvalue weighted by molar-refractivity contribution is 5.98. The fraction of sp³-hybridized carbons (Fsp3) is 0.333. The first kappa shape index (κ1) is 19.0. The van der Waals surface area contributed by atoms with Gasteiger partial charge in [-0.05, 0) is 41.7 Å². The van der Waals surface area contributed by atoms with E-state index in [4.69, 9.17) is 5.21 Å². The van der Waals surface area contributed by atoms with Gasteiger partial charge < -0.3 is 4.90 Å². The van der Waals surface area contributed by atoms with E-state index in [1.54, 1.807) is 12.1 Å². The van der Waals surface area contributed by atoms with Crippen molar-refractivity contribution in [2.24, 2.45) is 0 Å². The van der Waals surface area contributed by atoms with Crippen molar-refractivity contribution in [2.75, 3.05) is 6.54 Å². The Morgan fingerprint density at radius 2 is 1.70 bits per heavy atom. The first-order valence-corrected chi connectivity index (χ1v) is 9.13. The van der Waals surface area contributed by atoms with Crippen LogP contribution >= 0.6 is 0 Å². The minimum Gasteiger partial charge on any atom is -0.323 e. The monoisotopic (exact) mass is 370 g/mol. The number of hydroxylamine groups is 1. The largest absolute Gasteiger partial charge is 0.323 e. The first-order valence-electron chi connectivity index (χ1n) is 9.13. The molecule has 2 amide bonds. The average molecular weight is 370 g/mol. The fourth-order valence-corrected chi connectivity index (χ4v) is 3.48. The van der Waals surface area contributed by atoms with Crippen molar-refractivity contribution in [1.29, 1.82) is 0 Å². The van der Waals surface area contributed by atoms with Gasteiger partial charge in [-0.1, -0.05) is 49.7 Å². The van der Waals surface area contributed by atoms with Gasteiger partial charge in [-0.2, -0.15) is 0 Å². The van der Waals surface area contributed by atoms with E-state index in [1.165, 1.54) is 15.9 Å². The highest BCUT2D eigenvalue weighted by Crippen LogP contribution is 2.25. The quantitative estimate of drug-likeness (QED) is 0.626. The molecule has 1 aliphatic heterocycles. The third-order valence-corrected chi connectivity index (χ3v) is 4.92. The van der Waals surface area contributed by atoms with E-state index in [0.29, 0.717) is 5.56 Å². The number of amides is 2. The zero-order valence-corrected chi connectivity index (χ0v) is 15.2. The molecule has 1 heterocycles. The van der Waals surface area contributed by atoms with Crippen LogP contribution in [0, 0.1) is 0 Å². The Balaban J connectivity index is 1.76. The van der Waals surface area contributed by atoms with Crippen molar-refractivity contribution in [1.82, 2.24) is 10.4 Å². The van der Waals surface area contributed by atoms with E-state index >= 15 is 0 Å². The van der Waals surface area contributed by atoms with Crippen LogP contribution in [0.3, 0.4) is 0 Å². The third kappa shape index (κ3) is 4.01. The van der Waals surface area contributed by atoms with Crippen LogP contribution in [0.5, 0.6) is 0 Å². The molecule has 5 nitrogen and oxygen atoms in total. The number of carbonyl (C=O) groups is 2. The Kier molecular flexibility index (Phi) is 5.86. The molecule has 0 radical (unpaired) electrons. The summed E-state index contributed by atoms with van der Waals surface area (Å²) < 4.78 is 14.0. The molecule has 2 aromatic carbocycles. The van der Waals surface area contributed by atoms with E-state index in [1.807, 2.05) is 12.1 Å². The van der Waals surface area contributed by atoms with Crippen molar-refractivity contribution in [2.45, 2.75) is 38.4 Å². The number of halogens is 1. The molecule has 1 aliphatic rings. The maximum absolute atomic E-state index is 14.0. The lowest BCUT2D eigenvalue weighted by Gasteiger charge is -2.23. The minimum atomic E-state index is -1.48. The van der Waals surface area contributed by atoms with Gasteiger partial charge in [0.25, 0.3) is 11.8 Å². The topological polar surface area (TPSA) is 69.6 Å². The Hall–Kier alpha value is -2.73. The smallest absolute Gasteiger partial charge is 0.269 e. The van der Waals surface area contributed by atoms with Crippen molar-refractivity contribution in [3.8, 4) is 11.1 Å². The number of hydrogen-bond donors (Lipinski definition) is 2. The SMILES string of the molecule is CCCc1ccc(-c2ccc(C(=O)N3CC[C@H](F)[C@H]3C(=O)NO)cc2)cc1. The molecule has 2 atom stereocenters. The normalized spacial score (nSPS) is 19.1. The molecule has 27 heavy (non-hydrogen) atoms. The molecule has 1 fully saturated rings. The van der Waals surface area contributed by atoms with Crippen LogP contribution < -0.4 is 5.48 Å². The van der Waals surface area contributed by atoms with E-state index < -0.39 is 24.0 Å². The van der Waals surface area contributed by atoms with Crippen LogP contribution in [0.1, 0.15) is 35.7 Å². The summed E-state index contributed by atoms with van der Waals surface area (Å²) in [6, 6.07) is 14.0. The van der Waals surface area contributed by atoms with Crippen LogP contribution in [0.15, 0.2) is 48.5 Å². The molecule has 0 aromatic heterocycles. The second-order valence-corrected chi connectivity index (χ2v) is 6.75. The fourth-order valence-electron chi connectivity index (χ4n) is 3.48. The van der Waals surface area contributed by atoms with Gasteiger partial charge in [0.1, 0.15) is 12.2 Å². The zero-order chi connectivity index (χ0) is 19.4. The molecule has 2 aromatic rings. The Morgan fingerprint density at radius 3 is 2.26 bits per heavy atom. The van der Waals surface area contributed by atoms with Crippen LogP contribution in [-0.4, -0.2) is 40.7 Å². The third-order valence-electron chi connectivity index (χ3n) is 4.92. The van der Waals surface area contributed by atoms with Crippen LogP contribution in [0.2, 0.25) is 0 Å². The van der Waals surface area contributed by atoms with Gasteiger partial charge in [0, 0.05) is 12.1 Å². The molecule has 0 saturated carbocycles. The van der Waals surface area contributed by atoms with E-state index in [-0.39, 0.29) is 13.0 Å². The van der Waals surface area contributed by atoms with E-state index in [2.05, 4.69) is 31.2 Å². The Labute approximate surface area is 157 Å². The molecular weight excluding hydrogens is 347 g/mol. The maximum Gasteiger partial charge on any atom is 0.269 e. The lowest BCUT2D eigenvalue weighted by molar-refractivity contribution is -0.134. The summed E-state index contributed by atoms with van der Waals surface area (Å²) in [7, 11) is 0. The number of aryl methyl sites for hydroxylation is 1. The maximum atomic E-state index is 14.0. The van der Waals surface area contributed by atoms with Gasteiger partial charge in [0.2, 0.25) is 0 Å². The second kappa shape index (κ2) is 8.31. The summed E-state index contributed by atoms with van der Waals surface area (Å²) in [6.45, 7) is 2.28. The van der Waals surface area contributed by atoms with Crippen molar-refractivity contribution in [3.63, 3.8) is 0 Å².